The van der Waals surface area contributed by atoms with Crippen LogP contribution in [0.4, 0.5) is 11.4 Å². The lowest BCUT2D eigenvalue weighted by Gasteiger charge is -2.18. The molecule has 0 radical (unpaired) electrons. The van der Waals surface area contributed by atoms with E-state index < -0.39 is 15.9 Å². The Morgan fingerprint density at radius 3 is 2.29 bits per heavy atom. The van der Waals surface area contributed by atoms with Crippen LogP contribution in [0.3, 0.4) is 0 Å². The maximum absolute atomic E-state index is 13.1. The number of benzene rings is 2. The van der Waals surface area contributed by atoms with Crippen LogP contribution in [0.5, 0.6) is 0 Å². The summed E-state index contributed by atoms with van der Waals surface area (Å²) in [4.78, 5) is 26.1. The van der Waals surface area contributed by atoms with Gasteiger partial charge in [-0.15, -0.1) is 0 Å². The van der Waals surface area contributed by atoms with Crippen molar-refractivity contribution in [3.8, 4) is 0 Å². The number of amides is 1. The molecule has 1 atom stereocenters. The normalized spacial score (nSPS) is 12.3. The van der Waals surface area contributed by atoms with Crippen molar-refractivity contribution < 1.29 is 13.2 Å². The Hall–Kier alpha value is -3.39. The number of carbonyl (C=O) groups is 1. The third-order valence-electron chi connectivity index (χ3n) is 5.03. The Morgan fingerprint density at radius 2 is 1.68 bits per heavy atom. The number of hydrogen-bond donors (Lipinski definition) is 2. The summed E-state index contributed by atoms with van der Waals surface area (Å²) in [6, 6.07) is 15.9. The Balaban J connectivity index is 1.90. The molecule has 0 fully saturated rings. The molecule has 8 heteroatoms. The fourth-order valence-corrected chi connectivity index (χ4v) is 3.99. The van der Waals surface area contributed by atoms with Crippen LogP contribution in [0.15, 0.2) is 65.6 Å². The first kappa shape index (κ1) is 22.3. The second-order valence-electron chi connectivity index (χ2n) is 7.53. The van der Waals surface area contributed by atoms with Gasteiger partial charge in [-0.3, -0.25) is 14.3 Å². The summed E-state index contributed by atoms with van der Waals surface area (Å²) >= 11 is 0. The predicted molar refractivity (Wildman–Crippen MR) is 123 cm³/mol. The van der Waals surface area contributed by atoms with Gasteiger partial charge in [0.2, 0.25) is 10.0 Å². The lowest BCUT2D eigenvalue weighted by molar-refractivity contribution is 0.102. The Morgan fingerprint density at radius 1 is 1.00 bits per heavy atom. The standard InChI is InChI=1S/C23H25N3O4S/c1-15-12-13-26(17(3)18-8-6-5-7-9-18)23(28)21(15)22(27)24-19-10-11-20(16(2)14-19)25-31(4,29)30/h5-14,17,25H,1-4H3,(H,24,27). The number of carbonyl (C=O) groups excluding carboxylic acids is 1. The zero-order valence-corrected chi connectivity index (χ0v) is 18.7. The number of aromatic nitrogens is 1. The zero-order chi connectivity index (χ0) is 22.8. The summed E-state index contributed by atoms with van der Waals surface area (Å²) in [5, 5.41) is 2.75. The lowest BCUT2D eigenvalue weighted by atomic mass is 10.1. The van der Waals surface area contributed by atoms with E-state index in [4.69, 9.17) is 0 Å². The average molecular weight is 440 g/mol. The number of pyridine rings is 1. The molecule has 31 heavy (non-hydrogen) atoms. The fourth-order valence-electron chi connectivity index (χ4n) is 3.36. The van der Waals surface area contributed by atoms with E-state index in [0.29, 0.717) is 22.5 Å². The van der Waals surface area contributed by atoms with Crippen LogP contribution < -0.4 is 15.6 Å². The molecule has 2 N–H and O–H groups in total. The van der Waals surface area contributed by atoms with Crippen molar-refractivity contribution in [2.45, 2.75) is 26.8 Å². The first-order chi connectivity index (χ1) is 14.6. The monoisotopic (exact) mass is 439 g/mol. The molecule has 1 heterocycles. The van der Waals surface area contributed by atoms with Gasteiger partial charge in [0.05, 0.1) is 18.0 Å². The van der Waals surface area contributed by atoms with E-state index in [0.717, 1.165) is 11.8 Å². The molecule has 1 unspecified atom stereocenters. The minimum Gasteiger partial charge on any atom is -0.322 e. The van der Waals surface area contributed by atoms with Crippen LogP contribution in [0, 0.1) is 13.8 Å². The van der Waals surface area contributed by atoms with Gasteiger partial charge in [-0.2, -0.15) is 0 Å². The van der Waals surface area contributed by atoms with Gasteiger partial charge >= 0.3 is 0 Å². The zero-order valence-electron chi connectivity index (χ0n) is 17.8. The Labute approximate surface area is 181 Å². The number of aryl methyl sites for hydroxylation is 2. The van der Waals surface area contributed by atoms with Crippen molar-refractivity contribution in [3.05, 3.63) is 93.4 Å². The molecular weight excluding hydrogens is 414 g/mol. The number of anilines is 2. The smallest absolute Gasteiger partial charge is 0.264 e. The minimum absolute atomic E-state index is 0.0706. The van der Waals surface area contributed by atoms with Gasteiger partial charge in [0.15, 0.2) is 0 Å². The summed E-state index contributed by atoms with van der Waals surface area (Å²) in [6.07, 6.45) is 2.77. The molecule has 162 valence electrons. The lowest BCUT2D eigenvalue weighted by Crippen LogP contribution is -2.32. The van der Waals surface area contributed by atoms with Crippen LogP contribution in [-0.2, 0) is 10.0 Å². The maximum Gasteiger partial charge on any atom is 0.264 e. The molecule has 0 saturated heterocycles. The van der Waals surface area contributed by atoms with Gasteiger partial charge in [-0.05, 0) is 61.7 Å². The van der Waals surface area contributed by atoms with Crippen molar-refractivity contribution in [1.82, 2.24) is 4.57 Å². The molecule has 0 aliphatic heterocycles. The van der Waals surface area contributed by atoms with Crippen LogP contribution in [0.2, 0.25) is 0 Å². The number of sulfonamides is 1. The van der Waals surface area contributed by atoms with Crippen molar-refractivity contribution in [2.24, 2.45) is 0 Å². The molecule has 1 amide bonds. The largest absolute Gasteiger partial charge is 0.322 e. The van der Waals surface area contributed by atoms with Gasteiger partial charge in [0, 0.05) is 11.9 Å². The molecule has 3 rings (SSSR count). The first-order valence-corrected chi connectivity index (χ1v) is 11.6. The molecule has 0 spiro atoms. The molecular formula is C23H25N3O4S. The van der Waals surface area contributed by atoms with Gasteiger partial charge in [-0.1, -0.05) is 30.3 Å². The third kappa shape index (κ3) is 5.21. The molecule has 2 aromatic carbocycles. The van der Waals surface area contributed by atoms with Crippen LogP contribution >= 0.6 is 0 Å². The van der Waals surface area contributed by atoms with E-state index in [9.17, 15) is 18.0 Å². The second-order valence-corrected chi connectivity index (χ2v) is 9.28. The predicted octanol–water partition coefficient (Wildman–Crippen LogP) is 3.70. The van der Waals surface area contributed by atoms with Crippen molar-refractivity contribution >= 4 is 27.3 Å². The SMILES string of the molecule is Cc1cc(NC(=O)c2c(C)ccn(C(C)c3ccccc3)c2=O)ccc1NS(C)(=O)=O. The van der Waals surface area contributed by atoms with Gasteiger partial charge in [-0.25, -0.2) is 8.42 Å². The van der Waals surface area contributed by atoms with E-state index in [1.54, 1.807) is 48.9 Å². The van der Waals surface area contributed by atoms with Crippen molar-refractivity contribution in [2.75, 3.05) is 16.3 Å². The second kappa shape index (κ2) is 8.77. The summed E-state index contributed by atoms with van der Waals surface area (Å²) in [5.74, 6) is -0.514. The maximum atomic E-state index is 13.1. The summed E-state index contributed by atoms with van der Waals surface area (Å²) < 4.78 is 26.9. The molecule has 7 nitrogen and oxygen atoms in total. The van der Waals surface area contributed by atoms with E-state index >= 15 is 0 Å². The fraction of sp³-hybridized carbons (Fsp3) is 0.217. The van der Waals surface area contributed by atoms with Crippen LogP contribution in [0.25, 0.3) is 0 Å². The average Bonchev–Trinajstić information content (AvgIpc) is 2.69. The van der Waals surface area contributed by atoms with Gasteiger partial charge in [0.1, 0.15) is 5.56 Å². The highest BCUT2D eigenvalue weighted by Gasteiger charge is 2.19. The molecule has 0 saturated carbocycles. The highest BCUT2D eigenvalue weighted by atomic mass is 32.2. The minimum atomic E-state index is -3.41. The number of nitrogens with zero attached hydrogens (tertiary/aromatic N) is 1. The number of nitrogens with one attached hydrogen (secondary N) is 2. The Kier molecular flexibility index (Phi) is 6.31. The summed E-state index contributed by atoms with van der Waals surface area (Å²) in [6.45, 7) is 5.36. The van der Waals surface area contributed by atoms with Crippen molar-refractivity contribution in [1.29, 1.82) is 0 Å². The number of hydrogen-bond acceptors (Lipinski definition) is 4. The summed E-state index contributed by atoms with van der Waals surface area (Å²) in [7, 11) is -3.41. The van der Waals surface area contributed by atoms with Crippen LogP contribution in [0.1, 0.15) is 40.0 Å². The highest BCUT2D eigenvalue weighted by molar-refractivity contribution is 7.92. The van der Waals surface area contributed by atoms with E-state index in [-0.39, 0.29) is 17.2 Å². The van der Waals surface area contributed by atoms with Crippen molar-refractivity contribution in [3.63, 3.8) is 0 Å². The highest BCUT2D eigenvalue weighted by Crippen LogP contribution is 2.22. The Bertz CT molecular complexity index is 1280. The van der Waals surface area contributed by atoms with Crippen LogP contribution in [-0.4, -0.2) is 25.1 Å². The molecule has 3 aromatic rings. The topological polar surface area (TPSA) is 97.3 Å². The molecule has 0 bridgehead atoms. The molecule has 1 aromatic heterocycles. The molecule has 0 aliphatic rings. The van der Waals surface area contributed by atoms with Gasteiger partial charge < -0.3 is 9.88 Å². The van der Waals surface area contributed by atoms with E-state index in [2.05, 4.69) is 10.0 Å². The quantitative estimate of drug-likeness (QED) is 0.612. The number of rotatable bonds is 6. The first-order valence-electron chi connectivity index (χ1n) is 9.73. The third-order valence-corrected chi connectivity index (χ3v) is 5.62. The van der Waals surface area contributed by atoms with E-state index in [1.807, 2.05) is 37.3 Å². The molecule has 0 aliphatic carbocycles. The van der Waals surface area contributed by atoms with Gasteiger partial charge in [0.25, 0.3) is 11.5 Å². The van der Waals surface area contributed by atoms with E-state index in [1.165, 1.54) is 0 Å². The summed E-state index contributed by atoms with van der Waals surface area (Å²) in [5.41, 5.74) is 2.77.